The molecule has 0 saturated carbocycles. The molecule has 4 nitrogen and oxygen atoms in total. The summed E-state index contributed by atoms with van der Waals surface area (Å²) < 4.78 is 1.09. The summed E-state index contributed by atoms with van der Waals surface area (Å²) in [6, 6.07) is 8.33. The zero-order chi connectivity index (χ0) is 12.3. The molecular weight excluding hydrogens is 353 g/mol. The van der Waals surface area contributed by atoms with Crippen molar-refractivity contribution in [1.29, 1.82) is 0 Å². The van der Waals surface area contributed by atoms with E-state index in [0.29, 0.717) is 0 Å². The third-order valence-corrected chi connectivity index (χ3v) is 3.60. The molecule has 0 bridgehead atoms. The van der Waals surface area contributed by atoms with Gasteiger partial charge in [-0.3, -0.25) is 4.79 Å². The third kappa shape index (κ3) is 4.84. The molecule has 3 N–H and O–H groups in total. The Morgan fingerprint density at radius 2 is 2.11 bits per heavy atom. The van der Waals surface area contributed by atoms with E-state index in [1.165, 1.54) is 5.69 Å². The molecule has 2 rings (SSSR count). The summed E-state index contributed by atoms with van der Waals surface area (Å²) in [6.45, 7) is 1.86. The second-order valence-corrected chi connectivity index (χ2v) is 5.01. The molecule has 1 aliphatic heterocycles. The fraction of sp³-hybridized carbons (Fsp3) is 0.417. The average molecular weight is 371 g/mol. The Hall–Kier alpha value is -0.490. The molecule has 0 aliphatic carbocycles. The summed E-state index contributed by atoms with van der Waals surface area (Å²) in [6.07, 6.45) is 0.965. The highest BCUT2D eigenvalue weighted by molar-refractivity contribution is 9.10. The lowest BCUT2D eigenvalue weighted by atomic mass is 10.2. The Morgan fingerprint density at radius 3 is 2.74 bits per heavy atom. The van der Waals surface area contributed by atoms with Crippen LogP contribution in [-0.2, 0) is 4.79 Å². The standard InChI is InChI=1S/C12H16BrN3O.2ClH/c13-10-3-1-2-4-11(10)16-6-5-9(8-16)15-12(17)7-14;;/h1-4,9H,5-8,14H2,(H,15,17);2*1H. The van der Waals surface area contributed by atoms with Crippen molar-refractivity contribution < 1.29 is 4.79 Å². The predicted octanol–water partition coefficient (Wildman–Crippen LogP) is 1.95. The van der Waals surface area contributed by atoms with Gasteiger partial charge in [-0.2, -0.15) is 0 Å². The molecule has 1 aromatic carbocycles. The van der Waals surface area contributed by atoms with Crippen LogP contribution in [0.2, 0.25) is 0 Å². The van der Waals surface area contributed by atoms with Gasteiger partial charge in [-0.25, -0.2) is 0 Å². The number of anilines is 1. The molecule has 1 atom stereocenters. The number of nitrogens with zero attached hydrogens (tertiary/aromatic N) is 1. The van der Waals surface area contributed by atoms with Gasteiger partial charge in [-0.15, -0.1) is 24.8 Å². The number of nitrogens with one attached hydrogen (secondary N) is 1. The van der Waals surface area contributed by atoms with Crippen molar-refractivity contribution in [2.75, 3.05) is 24.5 Å². The monoisotopic (exact) mass is 369 g/mol. The van der Waals surface area contributed by atoms with Crippen LogP contribution in [0.15, 0.2) is 28.7 Å². The molecule has 0 radical (unpaired) electrons. The number of rotatable bonds is 3. The number of halogens is 3. The van der Waals surface area contributed by atoms with Gasteiger partial charge in [-0.05, 0) is 34.5 Å². The number of benzene rings is 1. The zero-order valence-corrected chi connectivity index (χ0v) is 13.6. The molecule has 0 aromatic heterocycles. The van der Waals surface area contributed by atoms with E-state index < -0.39 is 0 Å². The Bertz CT molecular complexity index is 420. The van der Waals surface area contributed by atoms with Crippen molar-refractivity contribution in [2.45, 2.75) is 12.5 Å². The molecule has 0 spiro atoms. The molecule has 1 amide bonds. The van der Waals surface area contributed by atoms with Gasteiger partial charge >= 0.3 is 0 Å². The largest absolute Gasteiger partial charge is 0.368 e. The van der Waals surface area contributed by atoms with Crippen molar-refractivity contribution in [3.63, 3.8) is 0 Å². The fourth-order valence-corrected chi connectivity index (χ4v) is 2.63. The first-order valence-electron chi connectivity index (χ1n) is 5.69. The van der Waals surface area contributed by atoms with Crippen LogP contribution in [0.4, 0.5) is 5.69 Å². The summed E-state index contributed by atoms with van der Waals surface area (Å²) in [5.41, 5.74) is 6.46. The highest BCUT2D eigenvalue weighted by atomic mass is 79.9. The second-order valence-electron chi connectivity index (χ2n) is 4.15. The van der Waals surface area contributed by atoms with Gasteiger partial charge in [0.2, 0.25) is 5.91 Å². The van der Waals surface area contributed by atoms with E-state index >= 15 is 0 Å². The number of nitrogens with two attached hydrogens (primary N) is 1. The predicted molar refractivity (Wildman–Crippen MR) is 86.5 cm³/mol. The minimum Gasteiger partial charge on any atom is -0.368 e. The number of carbonyl (C=O) groups is 1. The van der Waals surface area contributed by atoms with E-state index in [0.717, 1.165) is 24.0 Å². The van der Waals surface area contributed by atoms with Gasteiger partial charge in [0.25, 0.3) is 0 Å². The highest BCUT2D eigenvalue weighted by Gasteiger charge is 2.24. The summed E-state index contributed by atoms with van der Waals surface area (Å²) in [5.74, 6) is -0.0797. The van der Waals surface area contributed by atoms with E-state index in [9.17, 15) is 4.79 Å². The summed E-state index contributed by atoms with van der Waals surface area (Å²) in [4.78, 5) is 13.5. The maximum absolute atomic E-state index is 11.2. The molecule has 1 fully saturated rings. The molecule has 1 unspecified atom stereocenters. The first-order chi connectivity index (χ1) is 8.20. The minimum absolute atomic E-state index is 0. The van der Waals surface area contributed by atoms with E-state index in [1.54, 1.807) is 0 Å². The van der Waals surface area contributed by atoms with E-state index in [4.69, 9.17) is 5.73 Å². The van der Waals surface area contributed by atoms with Crippen LogP contribution in [0.25, 0.3) is 0 Å². The first-order valence-corrected chi connectivity index (χ1v) is 6.49. The van der Waals surface area contributed by atoms with Gasteiger partial charge in [0, 0.05) is 23.6 Å². The average Bonchev–Trinajstić information content (AvgIpc) is 2.78. The van der Waals surface area contributed by atoms with Crippen LogP contribution in [0.3, 0.4) is 0 Å². The number of carbonyl (C=O) groups excluding carboxylic acids is 1. The zero-order valence-electron chi connectivity index (χ0n) is 10.3. The maximum atomic E-state index is 11.2. The number of amides is 1. The van der Waals surface area contributed by atoms with Crippen LogP contribution in [0.5, 0.6) is 0 Å². The van der Waals surface area contributed by atoms with Crippen molar-refractivity contribution in [2.24, 2.45) is 5.73 Å². The Morgan fingerprint density at radius 1 is 1.42 bits per heavy atom. The Kier molecular flexibility index (Phi) is 8.41. The maximum Gasteiger partial charge on any atom is 0.234 e. The van der Waals surface area contributed by atoms with Crippen molar-refractivity contribution in [3.8, 4) is 0 Å². The third-order valence-electron chi connectivity index (χ3n) is 2.93. The van der Waals surface area contributed by atoms with Crippen molar-refractivity contribution >= 4 is 52.3 Å². The smallest absolute Gasteiger partial charge is 0.234 e. The van der Waals surface area contributed by atoms with Crippen LogP contribution in [0, 0.1) is 0 Å². The molecular formula is C12H18BrCl2N3O. The summed E-state index contributed by atoms with van der Waals surface area (Å²) in [5, 5.41) is 2.93. The number of para-hydroxylation sites is 1. The fourth-order valence-electron chi connectivity index (χ4n) is 2.09. The summed E-state index contributed by atoms with van der Waals surface area (Å²) in [7, 11) is 0. The van der Waals surface area contributed by atoms with Crippen LogP contribution >= 0.6 is 40.7 Å². The molecule has 19 heavy (non-hydrogen) atoms. The van der Waals surface area contributed by atoms with E-state index in [1.807, 2.05) is 18.2 Å². The van der Waals surface area contributed by atoms with Gasteiger partial charge in [0.15, 0.2) is 0 Å². The van der Waals surface area contributed by atoms with E-state index in [2.05, 4.69) is 32.2 Å². The quantitative estimate of drug-likeness (QED) is 0.854. The van der Waals surface area contributed by atoms with Gasteiger partial charge in [0.1, 0.15) is 0 Å². The Labute approximate surface area is 134 Å². The lowest BCUT2D eigenvalue weighted by molar-refractivity contribution is -0.120. The van der Waals surface area contributed by atoms with Crippen LogP contribution in [0.1, 0.15) is 6.42 Å². The molecule has 1 saturated heterocycles. The lowest BCUT2D eigenvalue weighted by Crippen LogP contribution is -2.40. The summed E-state index contributed by atoms with van der Waals surface area (Å²) >= 11 is 3.54. The second kappa shape index (κ2) is 8.64. The van der Waals surface area contributed by atoms with E-state index in [-0.39, 0.29) is 43.3 Å². The van der Waals surface area contributed by atoms with Gasteiger partial charge in [0.05, 0.1) is 12.2 Å². The van der Waals surface area contributed by atoms with Crippen molar-refractivity contribution in [1.82, 2.24) is 5.32 Å². The van der Waals surface area contributed by atoms with Crippen LogP contribution < -0.4 is 16.0 Å². The number of hydrogen-bond donors (Lipinski definition) is 2. The molecule has 1 heterocycles. The minimum atomic E-state index is -0.0797. The topological polar surface area (TPSA) is 58.4 Å². The molecule has 7 heteroatoms. The molecule has 1 aliphatic rings. The SMILES string of the molecule is Cl.Cl.NCC(=O)NC1CCN(c2ccccc2Br)C1. The number of hydrogen-bond acceptors (Lipinski definition) is 3. The van der Waals surface area contributed by atoms with Gasteiger partial charge < -0.3 is 16.0 Å². The van der Waals surface area contributed by atoms with Crippen molar-refractivity contribution in [3.05, 3.63) is 28.7 Å². The normalized spacial score (nSPS) is 17.4. The molecule has 108 valence electrons. The first kappa shape index (κ1) is 18.5. The van der Waals surface area contributed by atoms with Crippen LogP contribution in [-0.4, -0.2) is 31.6 Å². The van der Waals surface area contributed by atoms with Gasteiger partial charge in [-0.1, -0.05) is 12.1 Å². The molecule has 1 aromatic rings. The Balaban J connectivity index is 0.00000162. The highest BCUT2D eigenvalue weighted by Crippen LogP contribution is 2.28. The lowest BCUT2D eigenvalue weighted by Gasteiger charge is -2.20.